The van der Waals surface area contributed by atoms with Gasteiger partial charge in [-0.1, -0.05) is 0 Å². The second-order valence-electron chi connectivity index (χ2n) is 7.03. The molecule has 0 aromatic rings. The Kier molecular flexibility index (Phi) is 2.83. The van der Waals surface area contributed by atoms with Crippen molar-refractivity contribution in [1.82, 2.24) is 0 Å². The van der Waals surface area contributed by atoms with Gasteiger partial charge in [-0.3, -0.25) is 19.2 Å². The Labute approximate surface area is 125 Å². The van der Waals surface area contributed by atoms with Crippen LogP contribution in [0.25, 0.3) is 0 Å². The Hall–Kier alpha value is -2.12. The minimum absolute atomic E-state index is 0.0431. The van der Waals surface area contributed by atoms with Gasteiger partial charge in [0.2, 0.25) is 0 Å². The van der Waals surface area contributed by atoms with Gasteiger partial charge in [0.05, 0.1) is 10.8 Å². The average Bonchev–Trinajstić information content (AvgIpc) is 2.36. The van der Waals surface area contributed by atoms with Gasteiger partial charge in [-0.25, -0.2) is 0 Å². The molecule has 4 fully saturated rings. The zero-order valence-corrected chi connectivity index (χ0v) is 11.7. The number of hydrogen-bond donors (Lipinski definition) is 2. The fourth-order valence-corrected chi connectivity index (χ4v) is 5.36. The molecular formula is C14H16O8. The summed E-state index contributed by atoms with van der Waals surface area (Å²) in [4.78, 5) is 45.4. The lowest BCUT2D eigenvalue weighted by Gasteiger charge is -2.65. The molecule has 0 spiro atoms. The first-order chi connectivity index (χ1) is 10.3. The third-order valence-corrected chi connectivity index (χ3v) is 5.47. The minimum atomic E-state index is -1.36. The highest BCUT2D eigenvalue weighted by Gasteiger charge is 2.75. The second kappa shape index (κ2) is 4.21. The van der Waals surface area contributed by atoms with Crippen LogP contribution in [0.3, 0.4) is 0 Å². The number of carboxylic acids is 2. The van der Waals surface area contributed by atoms with Crippen LogP contribution in [0.4, 0.5) is 0 Å². The van der Waals surface area contributed by atoms with Gasteiger partial charge < -0.3 is 19.7 Å². The number of carbonyl (C=O) groups is 4. The molecule has 4 aliphatic carbocycles. The van der Waals surface area contributed by atoms with Crippen LogP contribution in [0.15, 0.2) is 0 Å². The molecule has 0 amide bonds. The van der Waals surface area contributed by atoms with Crippen LogP contribution in [-0.4, -0.2) is 46.3 Å². The number of ether oxygens (including phenoxy) is 2. The standard InChI is InChI=1S/C14H16O8/c15-7-21-13-2-11(9(17)18)1-12(4-13,10(19)20)5-14(3-11,6-13)22-8-16/h7-8H,1-6H2,(H,17,18)(H,19,20). The summed E-state index contributed by atoms with van der Waals surface area (Å²) in [5.74, 6) is -2.29. The van der Waals surface area contributed by atoms with Crippen LogP contribution < -0.4 is 0 Å². The Bertz CT molecular complexity index is 505. The summed E-state index contributed by atoms with van der Waals surface area (Å²) in [6.07, 6.45) is 0.292. The molecule has 2 N–H and O–H groups in total. The van der Waals surface area contributed by atoms with E-state index in [1.807, 2.05) is 0 Å². The molecular weight excluding hydrogens is 296 g/mol. The van der Waals surface area contributed by atoms with Gasteiger partial charge >= 0.3 is 11.9 Å². The molecule has 4 rings (SSSR count). The first kappa shape index (κ1) is 14.8. The number of rotatable bonds is 6. The summed E-state index contributed by atoms with van der Waals surface area (Å²) in [6, 6.07) is 0. The molecule has 4 aliphatic rings. The van der Waals surface area contributed by atoms with E-state index >= 15 is 0 Å². The van der Waals surface area contributed by atoms with E-state index in [1.165, 1.54) is 0 Å². The summed E-state index contributed by atoms with van der Waals surface area (Å²) in [5.41, 5.74) is -5.15. The topological polar surface area (TPSA) is 127 Å². The van der Waals surface area contributed by atoms with Gasteiger partial charge in [0, 0.05) is 32.1 Å². The Morgan fingerprint density at radius 1 is 0.727 bits per heavy atom. The number of aliphatic carboxylic acids is 2. The van der Waals surface area contributed by atoms with Crippen LogP contribution in [0.2, 0.25) is 0 Å². The predicted molar refractivity (Wildman–Crippen MR) is 67.6 cm³/mol. The van der Waals surface area contributed by atoms with E-state index in [9.17, 15) is 29.4 Å². The highest BCUT2D eigenvalue weighted by atomic mass is 16.6. The Morgan fingerprint density at radius 2 is 1.09 bits per heavy atom. The molecule has 0 aromatic carbocycles. The summed E-state index contributed by atoms with van der Waals surface area (Å²) >= 11 is 0. The summed E-state index contributed by atoms with van der Waals surface area (Å²) < 4.78 is 10.3. The Balaban J connectivity index is 2.16. The number of carboxylic acid groups (broad SMARTS) is 2. The van der Waals surface area contributed by atoms with Crippen molar-refractivity contribution in [2.24, 2.45) is 10.8 Å². The minimum Gasteiger partial charge on any atom is -0.481 e. The summed E-state index contributed by atoms with van der Waals surface area (Å²) in [5, 5.41) is 19.3. The molecule has 0 radical (unpaired) electrons. The predicted octanol–water partition coefficient (Wildman–Crippen LogP) is 0.333. The van der Waals surface area contributed by atoms with Gasteiger partial charge in [0.15, 0.2) is 0 Å². The lowest BCUT2D eigenvalue weighted by molar-refractivity contribution is -0.266. The lowest BCUT2D eigenvalue weighted by atomic mass is 9.41. The smallest absolute Gasteiger partial charge is 0.309 e. The molecule has 0 unspecified atom stereocenters. The number of carbonyl (C=O) groups excluding carboxylic acids is 2. The van der Waals surface area contributed by atoms with Crippen LogP contribution in [0.5, 0.6) is 0 Å². The van der Waals surface area contributed by atoms with Gasteiger partial charge in [-0.15, -0.1) is 0 Å². The normalized spacial score (nSPS) is 45.1. The van der Waals surface area contributed by atoms with Crippen LogP contribution >= 0.6 is 0 Å². The van der Waals surface area contributed by atoms with E-state index in [4.69, 9.17) is 9.47 Å². The molecule has 120 valence electrons. The van der Waals surface area contributed by atoms with Crippen molar-refractivity contribution in [1.29, 1.82) is 0 Å². The molecule has 0 atom stereocenters. The summed E-state index contributed by atoms with van der Waals surface area (Å²) in [6.45, 7) is 0.430. The zero-order chi connectivity index (χ0) is 16.2. The Morgan fingerprint density at radius 3 is 1.36 bits per heavy atom. The molecule has 0 heterocycles. The van der Waals surface area contributed by atoms with E-state index in [2.05, 4.69) is 0 Å². The van der Waals surface area contributed by atoms with Gasteiger partial charge in [-0.05, 0) is 6.42 Å². The van der Waals surface area contributed by atoms with Gasteiger partial charge in [-0.2, -0.15) is 0 Å². The molecule has 0 saturated heterocycles. The maximum Gasteiger partial charge on any atom is 0.309 e. The second-order valence-corrected chi connectivity index (χ2v) is 7.03. The van der Waals surface area contributed by atoms with Crippen molar-refractivity contribution in [2.45, 2.75) is 49.7 Å². The molecule has 4 saturated carbocycles. The first-order valence-electron chi connectivity index (χ1n) is 6.95. The first-order valence-corrected chi connectivity index (χ1v) is 6.95. The maximum atomic E-state index is 11.8. The lowest BCUT2D eigenvalue weighted by Crippen LogP contribution is -2.71. The van der Waals surface area contributed by atoms with Crippen LogP contribution in [0.1, 0.15) is 38.5 Å². The third-order valence-electron chi connectivity index (χ3n) is 5.47. The van der Waals surface area contributed by atoms with Crippen molar-refractivity contribution < 1.29 is 38.9 Å². The van der Waals surface area contributed by atoms with Crippen molar-refractivity contribution in [3.63, 3.8) is 0 Å². The van der Waals surface area contributed by atoms with Gasteiger partial charge in [0.1, 0.15) is 11.2 Å². The largest absolute Gasteiger partial charge is 0.481 e. The zero-order valence-electron chi connectivity index (χ0n) is 11.7. The van der Waals surface area contributed by atoms with Crippen LogP contribution in [-0.2, 0) is 28.7 Å². The molecule has 8 nitrogen and oxygen atoms in total. The highest BCUT2D eigenvalue weighted by molar-refractivity contribution is 5.82. The monoisotopic (exact) mass is 312 g/mol. The SMILES string of the molecule is O=COC12CC3(OC=O)CC(C(=O)O)(C1)CC(C(=O)O)(C2)C3. The van der Waals surface area contributed by atoms with Crippen molar-refractivity contribution in [3.05, 3.63) is 0 Å². The average molecular weight is 312 g/mol. The van der Waals surface area contributed by atoms with Crippen molar-refractivity contribution in [2.75, 3.05) is 0 Å². The van der Waals surface area contributed by atoms with Crippen LogP contribution in [0, 0.1) is 10.8 Å². The fourth-order valence-electron chi connectivity index (χ4n) is 5.36. The van der Waals surface area contributed by atoms with Crippen molar-refractivity contribution >= 4 is 24.9 Å². The highest BCUT2D eigenvalue weighted by Crippen LogP contribution is 2.69. The van der Waals surface area contributed by atoms with E-state index in [-0.39, 0.29) is 51.5 Å². The molecule has 22 heavy (non-hydrogen) atoms. The molecule has 4 bridgehead atoms. The molecule has 0 aliphatic heterocycles. The van der Waals surface area contributed by atoms with E-state index in [0.717, 1.165) is 0 Å². The van der Waals surface area contributed by atoms with E-state index < -0.39 is 34.0 Å². The molecule has 8 heteroatoms. The summed E-state index contributed by atoms with van der Waals surface area (Å²) in [7, 11) is 0. The van der Waals surface area contributed by atoms with E-state index in [0.29, 0.717) is 0 Å². The van der Waals surface area contributed by atoms with Gasteiger partial charge in [0.25, 0.3) is 12.9 Å². The maximum absolute atomic E-state index is 11.8. The molecule has 0 aromatic heterocycles. The third kappa shape index (κ3) is 1.75. The number of hydrogen-bond acceptors (Lipinski definition) is 6. The quantitative estimate of drug-likeness (QED) is 0.672. The van der Waals surface area contributed by atoms with Crippen molar-refractivity contribution in [3.8, 4) is 0 Å². The fraction of sp³-hybridized carbons (Fsp3) is 0.714. The van der Waals surface area contributed by atoms with E-state index in [1.54, 1.807) is 0 Å².